The number of ether oxygens (including phenoxy) is 1. The van der Waals surface area contributed by atoms with E-state index in [1.807, 2.05) is 18.3 Å². The fourth-order valence-electron chi connectivity index (χ4n) is 2.04. The second-order valence-electron chi connectivity index (χ2n) is 4.53. The first kappa shape index (κ1) is 11.8. The van der Waals surface area contributed by atoms with Crippen LogP contribution in [0.2, 0.25) is 5.15 Å². The molecule has 0 amide bonds. The van der Waals surface area contributed by atoms with Gasteiger partial charge in [-0.3, -0.25) is 4.90 Å². The fourth-order valence-corrected chi connectivity index (χ4v) is 2.15. The molecule has 88 valence electrons. The van der Waals surface area contributed by atoms with Gasteiger partial charge in [0, 0.05) is 24.8 Å². The maximum Gasteiger partial charge on any atom is 0.129 e. The Kier molecular flexibility index (Phi) is 3.47. The molecule has 0 saturated carbocycles. The number of hydrogen-bond acceptors (Lipinski definition) is 3. The Morgan fingerprint density at radius 3 is 2.56 bits per heavy atom. The molecule has 0 unspecified atom stereocenters. The first-order chi connectivity index (χ1) is 7.60. The third-order valence-electron chi connectivity index (χ3n) is 3.24. The summed E-state index contributed by atoms with van der Waals surface area (Å²) in [5, 5.41) is 0.543. The van der Waals surface area contributed by atoms with Gasteiger partial charge in [0.2, 0.25) is 0 Å². The van der Waals surface area contributed by atoms with E-state index < -0.39 is 0 Å². The minimum atomic E-state index is -0.0125. The highest BCUT2D eigenvalue weighted by Crippen LogP contribution is 2.28. The molecule has 3 nitrogen and oxygen atoms in total. The van der Waals surface area contributed by atoms with Crippen molar-refractivity contribution in [2.24, 2.45) is 0 Å². The largest absolute Gasteiger partial charge is 0.379 e. The molecular weight excluding hydrogens is 224 g/mol. The zero-order valence-corrected chi connectivity index (χ0v) is 10.5. The van der Waals surface area contributed by atoms with Crippen molar-refractivity contribution in [3.63, 3.8) is 0 Å². The van der Waals surface area contributed by atoms with Gasteiger partial charge in [0.05, 0.1) is 13.2 Å². The number of nitrogens with zero attached hydrogens (tertiary/aromatic N) is 2. The molecule has 2 rings (SSSR count). The van der Waals surface area contributed by atoms with Crippen LogP contribution in [-0.2, 0) is 10.3 Å². The third kappa shape index (κ3) is 2.37. The molecule has 16 heavy (non-hydrogen) atoms. The monoisotopic (exact) mass is 240 g/mol. The van der Waals surface area contributed by atoms with Crippen molar-refractivity contribution in [3.05, 3.63) is 29.0 Å². The van der Waals surface area contributed by atoms with Crippen LogP contribution in [0.5, 0.6) is 0 Å². The zero-order chi connectivity index (χ0) is 11.6. The predicted molar refractivity (Wildman–Crippen MR) is 64.7 cm³/mol. The lowest BCUT2D eigenvalue weighted by Gasteiger charge is -2.41. The van der Waals surface area contributed by atoms with Crippen LogP contribution in [0, 0.1) is 0 Å². The normalized spacial score (nSPS) is 18.7. The van der Waals surface area contributed by atoms with Gasteiger partial charge in [-0.25, -0.2) is 4.98 Å². The Hall–Kier alpha value is -0.640. The summed E-state index contributed by atoms with van der Waals surface area (Å²) >= 11 is 5.80. The van der Waals surface area contributed by atoms with Crippen molar-refractivity contribution in [1.29, 1.82) is 0 Å². The standard InChI is InChI=1S/C12H17ClN2O/c1-12(2,15-5-7-16-8-6-15)10-3-4-11(13)14-9-10/h3-4,9H,5-8H2,1-2H3. The van der Waals surface area contributed by atoms with Crippen molar-refractivity contribution in [2.45, 2.75) is 19.4 Å². The number of hydrogen-bond donors (Lipinski definition) is 0. The van der Waals surface area contributed by atoms with E-state index in [9.17, 15) is 0 Å². The summed E-state index contributed by atoms with van der Waals surface area (Å²) in [6, 6.07) is 3.89. The summed E-state index contributed by atoms with van der Waals surface area (Å²) in [4.78, 5) is 6.57. The van der Waals surface area contributed by atoms with Crippen LogP contribution < -0.4 is 0 Å². The number of rotatable bonds is 2. The van der Waals surface area contributed by atoms with E-state index in [1.165, 1.54) is 5.56 Å². The van der Waals surface area contributed by atoms with Gasteiger partial charge in [-0.2, -0.15) is 0 Å². The lowest BCUT2D eigenvalue weighted by Crippen LogP contribution is -2.47. The van der Waals surface area contributed by atoms with Gasteiger partial charge < -0.3 is 4.74 Å². The lowest BCUT2D eigenvalue weighted by atomic mass is 9.93. The SMILES string of the molecule is CC(C)(c1ccc(Cl)nc1)N1CCOCC1. The van der Waals surface area contributed by atoms with Crippen molar-refractivity contribution in [2.75, 3.05) is 26.3 Å². The molecule has 1 saturated heterocycles. The molecule has 2 heterocycles. The zero-order valence-electron chi connectivity index (χ0n) is 9.74. The third-order valence-corrected chi connectivity index (χ3v) is 3.46. The second-order valence-corrected chi connectivity index (χ2v) is 4.92. The number of halogens is 1. The molecule has 1 aliphatic rings. The summed E-state index contributed by atoms with van der Waals surface area (Å²) in [5.41, 5.74) is 1.18. The smallest absolute Gasteiger partial charge is 0.129 e. The van der Waals surface area contributed by atoms with Gasteiger partial charge in [0.1, 0.15) is 5.15 Å². The maximum atomic E-state index is 5.80. The Bertz CT molecular complexity index is 345. The van der Waals surface area contributed by atoms with Crippen LogP contribution in [0.3, 0.4) is 0 Å². The molecular formula is C12H17ClN2O. The Morgan fingerprint density at radius 1 is 1.31 bits per heavy atom. The molecule has 0 aliphatic carbocycles. The van der Waals surface area contributed by atoms with Crippen molar-refractivity contribution in [3.8, 4) is 0 Å². The van der Waals surface area contributed by atoms with Crippen molar-refractivity contribution < 1.29 is 4.74 Å². The first-order valence-electron chi connectivity index (χ1n) is 5.55. The molecule has 0 radical (unpaired) electrons. The van der Waals surface area contributed by atoms with E-state index in [2.05, 4.69) is 23.7 Å². The van der Waals surface area contributed by atoms with Crippen molar-refractivity contribution in [1.82, 2.24) is 9.88 Å². The van der Waals surface area contributed by atoms with Crippen LogP contribution in [0.15, 0.2) is 18.3 Å². The summed E-state index contributed by atoms with van der Waals surface area (Å²) in [7, 11) is 0. The second kappa shape index (κ2) is 4.70. The van der Waals surface area contributed by atoms with E-state index in [0.29, 0.717) is 5.15 Å². The van der Waals surface area contributed by atoms with E-state index in [-0.39, 0.29) is 5.54 Å². The number of pyridine rings is 1. The highest BCUT2D eigenvalue weighted by atomic mass is 35.5. The molecule has 0 spiro atoms. The summed E-state index contributed by atoms with van der Waals surface area (Å²) in [6.07, 6.45) is 1.86. The minimum Gasteiger partial charge on any atom is -0.379 e. The Labute approximate surface area is 101 Å². The number of aromatic nitrogens is 1. The van der Waals surface area contributed by atoms with E-state index in [1.54, 1.807) is 0 Å². The number of morpholine rings is 1. The molecule has 0 aromatic carbocycles. The van der Waals surface area contributed by atoms with Crippen molar-refractivity contribution >= 4 is 11.6 Å². The lowest BCUT2D eigenvalue weighted by molar-refractivity contribution is -0.0119. The quantitative estimate of drug-likeness (QED) is 0.742. The molecule has 1 aromatic rings. The summed E-state index contributed by atoms with van der Waals surface area (Å²) in [6.45, 7) is 7.98. The van der Waals surface area contributed by atoms with Gasteiger partial charge in [0.15, 0.2) is 0 Å². The molecule has 4 heteroatoms. The first-order valence-corrected chi connectivity index (χ1v) is 5.93. The van der Waals surface area contributed by atoms with Crippen LogP contribution >= 0.6 is 11.6 Å². The molecule has 1 aromatic heterocycles. The topological polar surface area (TPSA) is 25.4 Å². The molecule has 0 bridgehead atoms. The molecule has 0 atom stereocenters. The Morgan fingerprint density at radius 2 is 2.00 bits per heavy atom. The highest BCUT2D eigenvalue weighted by molar-refractivity contribution is 6.29. The molecule has 1 aliphatic heterocycles. The van der Waals surface area contributed by atoms with Gasteiger partial charge in [-0.15, -0.1) is 0 Å². The van der Waals surface area contributed by atoms with E-state index in [0.717, 1.165) is 26.3 Å². The average Bonchev–Trinajstić information content (AvgIpc) is 2.31. The average molecular weight is 241 g/mol. The maximum absolute atomic E-state index is 5.80. The summed E-state index contributed by atoms with van der Waals surface area (Å²) in [5.74, 6) is 0. The molecule has 0 N–H and O–H groups in total. The van der Waals surface area contributed by atoms with Crippen LogP contribution in [-0.4, -0.2) is 36.2 Å². The van der Waals surface area contributed by atoms with Gasteiger partial charge in [0.25, 0.3) is 0 Å². The highest BCUT2D eigenvalue weighted by Gasteiger charge is 2.30. The predicted octanol–water partition coefficient (Wildman–Crippen LogP) is 2.30. The summed E-state index contributed by atoms with van der Waals surface area (Å²) < 4.78 is 5.37. The van der Waals surface area contributed by atoms with E-state index in [4.69, 9.17) is 16.3 Å². The molecule has 1 fully saturated rings. The van der Waals surface area contributed by atoms with Gasteiger partial charge in [-0.1, -0.05) is 17.7 Å². The van der Waals surface area contributed by atoms with Crippen LogP contribution in [0.4, 0.5) is 0 Å². The van der Waals surface area contributed by atoms with Gasteiger partial charge in [-0.05, 0) is 25.5 Å². The van der Waals surface area contributed by atoms with Crippen LogP contribution in [0.25, 0.3) is 0 Å². The minimum absolute atomic E-state index is 0.0125. The fraction of sp³-hybridized carbons (Fsp3) is 0.583. The Balaban J connectivity index is 2.19. The van der Waals surface area contributed by atoms with Gasteiger partial charge >= 0.3 is 0 Å². The van der Waals surface area contributed by atoms with Crippen LogP contribution in [0.1, 0.15) is 19.4 Å². The van der Waals surface area contributed by atoms with E-state index >= 15 is 0 Å².